The second kappa shape index (κ2) is 6.58. The molecule has 1 heterocycles. The van der Waals surface area contributed by atoms with Crippen molar-refractivity contribution in [3.05, 3.63) is 29.8 Å². The first-order valence-electron chi connectivity index (χ1n) is 6.87. The second-order valence-corrected chi connectivity index (χ2v) is 5.20. The molecule has 2 atom stereocenters. The average molecular weight is 293 g/mol. The van der Waals surface area contributed by atoms with E-state index in [9.17, 15) is 14.7 Å². The third-order valence-electron chi connectivity index (χ3n) is 3.49. The van der Waals surface area contributed by atoms with Crippen LogP contribution in [-0.4, -0.2) is 52.3 Å². The van der Waals surface area contributed by atoms with Gasteiger partial charge in [0.2, 0.25) is 5.91 Å². The van der Waals surface area contributed by atoms with Gasteiger partial charge in [0.15, 0.2) is 0 Å². The van der Waals surface area contributed by atoms with E-state index in [4.69, 9.17) is 9.84 Å². The highest BCUT2D eigenvalue weighted by Gasteiger charge is 2.38. The zero-order chi connectivity index (χ0) is 15.4. The quantitative estimate of drug-likeness (QED) is 0.839. The van der Waals surface area contributed by atoms with E-state index in [1.165, 1.54) is 4.90 Å². The summed E-state index contributed by atoms with van der Waals surface area (Å²) >= 11 is 0. The lowest BCUT2D eigenvalue weighted by molar-refractivity contribution is -0.148. The number of benzene rings is 1. The van der Waals surface area contributed by atoms with Gasteiger partial charge < -0.3 is 19.8 Å². The highest BCUT2D eigenvalue weighted by atomic mass is 16.5. The minimum absolute atomic E-state index is 0.0698. The normalized spacial score (nSPS) is 21.3. The molecule has 1 amide bonds. The number of hydrogen-bond acceptors (Lipinski definition) is 4. The molecule has 0 radical (unpaired) electrons. The number of amides is 1. The molecule has 6 heteroatoms. The molecule has 114 valence electrons. The van der Waals surface area contributed by atoms with Gasteiger partial charge in [0, 0.05) is 13.0 Å². The summed E-state index contributed by atoms with van der Waals surface area (Å²) in [5.74, 6) is -0.727. The van der Waals surface area contributed by atoms with Gasteiger partial charge in [0.25, 0.3) is 0 Å². The lowest BCUT2D eigenvalue weighted by Gasteiger charge is -2.21. The predicted molar refractivity (Wildman–Crippen MR) is 75.1 cm³/mol. The van der Waals surface area contributed by atoms with Crippen molar-refractivity contribution in [1.82, 2.24) is 4.90 Å². The van der Waals surface area contributed by atoms with Crippen LogP contribution in [0.4, 0.5) is 0 Å². The van der Waals surface area contributed by atoms with E-state index in [1.54, 1.807) is 0 Å². The van der Waals surface area contributed by atoms with Crippen LogP contribution in [0.5, 0.6) is 5.75 Å². The number of carbonyl (C=O) groups is 2. The van der Waals surface area contributed by atoms with Crippen molar-refractivity contribution in [3.63, 3.8) is 0 Å². The van der Waals surface area contributed by atoms with Crippen LogP contribution in [-0.2, 0) is 9.59 Å². The third kappa shape index (κ3) is 3.95. The molecule has 2 rings (SSSR count). The smallest absolute Gasteiger partial charge is 0.326 e. The first kappa shape index (κ1) is 15.3. The Morgan fingerprint density at radius 2 is 2.00 bits per heavy atom. The molecule has 6 nitrogen and oxygen atoms in total. The summed E-state index contributed by atoms with van der Waals surface area (Å²) in [6.07, 6.45) is -0.599. The van der Waals surface area contributed by atoms with E-state index in [0.29, 0.717) is 5.75 Å². The largest absolute Gasteiger partial charge is 0.493 e. The number of aliphatic hydroxyl groups is 1. The third-order valence-corrected chi connectivity index (χ3v) is 3.49. The highest BCUT2D eigenvalue weighted by Crippen LogP contribution is 2.19. The van der Waals surface area contributed by atoms with Crippen LogP contribution in [0, 0.1) is 6.92 Å². The lowest BCUT2D eigenvalue weighted by Crippen LogP contribution is -2.41. The standard InChI is InChI=1S/C15H19NO5/c1-10-2-4-12(5-3-10)21-7-6-14(18)16-9-11(17)8-13(16)15(19)20/h2-5,11,13,17H,6-9H2,1H3,(H,19,20)/t11-,13+/m1/s1. The minimum atomic E-state index is -1.08. The zero-order valence-corrected chi connectivity index (χ0v) is 11.9. The Balaban J connectivity index is 1.84. The topological polar surface area (TPSA) is 87.1 Å². The number of carbonyl (C=O) groups excluding carboxylic acids is 1. The fraction of sp³-hybridized carbons (Fsp3) is 0.467. The minimum Gasteiger partial charge on any atom is -0.493 e. The number of hydrogen-bond donors (Lipinski definition) is 2. The van der Waals surface area contributed by atoms with E-state index in [0.717, 1.165) is 5.56 Å². The van der Waals surface area contributed by atoms with Crippen molar-refractivity contribution in [1.29, 1.82) is 0 Å². The van der Waals surface area contributed by atoms with Crippen molar-refractivity contribution < 1.29 is 24.5 Å². The Labute approximate surface area is 122 Å². The Morgan fingerprint density at radius 1 is 1.33 bits per heavy atom. The van der Waals surface area contributed by atoms with Gasteiger partial charge in [0.05, 0.1) is 19.1 Å². The van der Waals surface area contributed by atoms with Crippen LogP contribution >= 0.6 is 0 Å². The van der Waals surface area contributed by atoms with E-state index in [1.807, 2.05) is 31.2 Å². The van der Waals surface area contributed by atoms with Crippen molar-refractivity contribution in [2.75, 3.05) is 13.2 Å². The first-order chi connectivity index (χ1) is 9.97. The number of carboxylic acids is 1. The number of β-amino-alcohol motifs (C(OH)–C–C–N with tert-alkyl or cyclic N) is 1. The van der Waals surface area contributed by atoms with Crippen molar-refractivity contribution in [2.24, 2.45) is 0 Å². The molecule has 1 saturated heterocycles. The molecule has 2 N–H and O–H groups in total. The molecule has 1 aromatic rings. The number of aryl methyl sites for hydroxylation is 1. The van der Waals surface area contributed by atoms with Gasteiger partial charge in [-0.05, 0) is 19.1 Å². The fourth-order valence-electron chi connectivity index (χ4n) is 2.36. The summed E-state index contributed by atoms with van der Waals surface area (Å²) < 4.78 is 5.46. The van der Waals surface area contributed by atoms with Gasteiger partial charge in [-0.15, -0.1) is 0 Å². The predicted octanol–water partition coefficient (Wildman–Crippen LogP) is 0.810. The van der Waals surface area contributed by atoms with E-state index in [-0.39, 0.29) is 31.9 Å². The number of carboxylic acid groups (broad SMARTS) is 1. The molecular weight excluding hydrogens is 274 g/mol. The van der Waals surface area contributed by atoms with Crippen molar-refractivity contribution in [2.45, 2.75) is 31.9 Å². The molecule has 0 saturated carbocycles. The Bertz CT molecular complexity index is 513. The first-order valence-corrected chi connectivity index (χ1v) is 6.87. The monoisotopic (exact) mass is 293 g/mol. The number of ether oxygens (including phenoxy) is 1. The number of aliphatic carboxylic acids is 1. The van der Waals surface area contributed by atoms with Crippen molar-refractivity contribution in [3.8, 4) is 5.75 Å². The lowest BCUT2D eigenvalue weighted by atomic mass is 10.2. The van der Waals surface area contributed by atoms with Crippen LogP contribution in [0.3, 0.4) is 0 Å². The SMILES string of the molecule is Cc1ccc(OCCC(=O)N2C[C@H](O)C[C@H]2C(=O)O)cc1. The Hall–Kier alpha value is -2.08. The summed E-state index contributed by atoms with van der Waals surface area (Å²) in [5, 5.41) is 18.6. The van der Waals surface area contributed by atoms with Gasteiger partial charge in [-0.2, -0.15) is 0 Å². The maximum absolute atomic E-state index is 12.0. The summed E-state index contributed by atoms with van der Waals surface area (Å²) in [4.78, 5) is 24.3. The van der Waals surface area contributed by atoms with Gasteiger partial charge in [0.1, 0.15) is 11.8 Å². The molecule has 21 heavy (non-hydrogen) atoms. The molecule has 1 aromatic carbocycles. The molecule has 0 aliphatic carbocycles. The Kier molecular flexibility index (Phi) is 4.80. The molecule has 0 spiro atoms. The summed E-state index contributed by atoms with van der Waals surface area (Å²) in [6, 6.07) is 6.52. The van der Waals surface area contributed by atoms with Gasteiger partial charge in [-0.1, -0.05) is 17.7 Å². The van der Waals surface area contributed by atoms with Crippen LogP contribution < -0.4 is 4.74 Å². The molecular formula is C15H19NO5. The summed E-state index contributed by atoms with van der Waals surface area (Å²) in [6.45, 7) is 2.22. The fourth-order valence-corrected chi connectivity index (χ4v) is 2.36. The Morgan fingerprint density at radius 3 is 2.62 bits per heavy atom. The summed E-state index contributed by atoms with van der Waals surface area (Å²) in [7, 11) is 0. The highest BCUT2D eigenvalue weighted by molar-refractivity contribution is 5.84. The number of rotatable bonds is 5. The number of nitrogens with zero attached hydrogens (tertiary/aromatic N) is 1. The van der Waals surface area contributed by atoms with E-state index in [2.05, 4.69) is 0 Å². The zero-order valence-electron chi connectivity index (χ0n) is 11.9. The van der Waals surface area contributed by atoms with E-state index < -0.39 is 18.1 Å². The van der Waals surface area contributed by atoms with Crippen molar-refractivity contribution >= 4 is 11.9 Å². The van der Waals surface area contributed by atoms with Crippen LogP contribution in [0.15, 0.2) is 24.3 Å². The van der Waals surface area contributed by atoms with Gasteiger partial charge in [-0.25, -0.2) is 4.79 Å². The molecule has 0 unspecified atom stereocenters. The molecule has 1 aliphatic heterocycles. The molecule has 0 aromatic heterocycles. The maximum atomic E-state index is 12.0. The molecule has 1 fully saturated rings. The second-order valence-electron chi connectivity index (χ2n) is 5.20. The van der Waals surface area contributed by atoms with Gasteiger partial charge >= 0.3 is 5.97 Å². The van der Waals surface area contributed by atoms with Gasteiger partial charge in [-0.3, -0.25) is 4.79 Å². The van der Waals surface area contributed by atoms with Crippen LogP contribution in [0.25, 0.3) is 0 Å². The number of aliphatic hydroxyl groups excluding tert-OH is 1. The molecule has 0 bridgehead atoms. The summed E-state index contributed by atoms with van der Waals surface area (Å²) in [5.41, 5.74) is 1.12. The maximum Gasteiger partial charge on any atom is 0.326 e. The number of likely N-dealkylation sites (tertiary alicyclic amines) is 1. The van der Waals surface area contributed by atoms with Crippen LogP contribution in [0.2, 0.25) is 0 Å². The van der Waals surface area contributed by atoms with E-state index >= 15 is 0 Å². The molecule has 1 aliphatic rings. The van der Waals surface area contributed by atoms with Crippen LogP contribution in [0.1, 0.15) is 18.4 Å². The average Bonchev–Trinajstić information content (AvgIpc) is 2.83.